The second-order valence-electron chi connectivity index (χ2n) is 6.15. The fraction of sp³-hybridized carbons (Fsp3) is 0.471. The molecule has 4 nitrogen and oxygen atoms in total. The first-order valence-corrected chi connectivity index (χ1v) is 7.17. The number of anilines is 1. The van der Waals surface area contributed by atoms with Gasteiger partial charge in [-0.15, -0.1) is 6.42 Å². The molecular weight excluding hydrogens is 264 g/mol. The van der Waals surface area contributed by atoms with Crippen LogP contribution in [0.3, 0.4) is 0 Å². The number of amides is 1. The second kappa shape index (κ2) is 6.09. The van der Waals surface area contributed by atoms with E-state index in [1.807, 2.05) is 32.9 Å². The molecule has 1 amide bonds. The molecule has 1 N–H and O–H groups in total. The molecule has 0 atom stereocenters. The van der Waals surface area contributed by atoms with Gasteiger partial charge in [-0.3, -0.25) is 0 Å². The highest BCUT2D eigenvalue weighted by Crippen LogP contribution is 2.27. The van der Waals surface area contributed by atoms with Gasteiger partial charge in [0.05, 0.1) is 13.1 Å². The van der Waals surface area contributed by atoms with Crippen molar-refractivity contribution in [1.29, 1.82) is 0 Å². The third-order valence-electron chi connectivity index (χ3n) is 3.31. The van der Waals surface area contributed by atoms with Crippen LogP contribution in [-0.2, 0) is 17.7 Å². The Morgan fingerprint density at radius 3 is 2.90 bits per heavy atom. The number of benzene rings is 1. The number of hydrogen-bond donors (Lipinski definition) is 1. The van der Waals surface area contributed by atoms with E-state index in [0.717, 1.165) is 17.7 Å². The van der Waals surface area contributed by atoms with Crippen molar-refractivity contribution in [2.24, 2.45) is 0 Å². The van der Waals surface area contributed by atoms with Gasteiger partial charge in [-0.1, -0.05) is 18.1 Å². The fourth-order valence-corrected chi connectivity index (χ4v) is 2.38. The molecule has 1 aromatic rings. The Hall–Kier alpha value is -2.15. The largest absolute Gasteiger partial charge is 0.444 e. The summed E-state index contributed by atoms with van der Waals surface area (Å²) in [4.78, 5) is 13.9. The van der Waals surface area contributed by atoms with Crippen LogP contribution in [-0.4, -0.2) is 29.7 Å². The van der Waals surface area contributed by atoms with E-state index in [1.54, 1.807) is 4.90 Å². The lowest BCUT2D eigenvalue weighted by molar-refractivity contribution is 0.0224. The van der Waals surface area contributed by atoms with E-state index >= 15 is 0 Å². The predicted molar refractivity (Wildman–Crippen MR) is 84.1 cm³/mol. The minimum absolute atomic E-state index is 0.264. The number of rotatable bonds is 2. The number of nitrogens with one attached hydrogen (secondary N) is 1. The van der Waals surface area contributed by atoms with Crippen molar-refractivity contribution in [3.8, 4) is 12.3 Å². The quantitative estimate of drug-likeness (QED) is 0.850. The molecule has 0 unspecified atom stereocenters. The van der Waals surface area contributed by atoms with Gasteiger partial charge in [-0.05, 0) is 44.4 Å². The minimum Gasteiger partial charge on any atom is -0.444 e. The number of carbonyl (C=O) groups excluding carboxylic acids is 1. The molecule has 1 aliphatic rings. The third kappa shape index (κ3) is 3.91. The molecular formula is C17H22N2O2. The molecule has 0 aromatic heterocycles. The van der Waals surface area contributed by atoms with E-state index in [1.165, 1.54) is 5.56 Å². The van der Waals surface area contributed by atoms with Crippen molar-refractivity contribution in [3.05, 3.63) is 29.3 Å². The van der Waals surface area contributed by atoms with Crippen molar-refractivity contribution in [1.82, 2.24) is 4.90 Å². The highest BCUT2D eigenvalue weighted by Gasteiger charge is 2.26. The van der Waals surface area contributed by atoms with Gasteiger partial charge in [0.15, 0.2) is 0 Å². The van der Waals surface area contributed by atoms with Gasteiger partial charge in [-0.2, -0.15) is 0 Å². The van der Waals surface area contributed by atoms with Crippen LogP contribution in [0, 0.1) is 12.3 Å². The molecule has 2 rings (SSSR count). The van der Waals surface area contributed by atoms with Crippen LogP contribution in [0.2, 0.25) is 0 Å². The maximum Gasteiger partial charge on any atom is 0.410 e. The number of fused-ring (bicyclic) bond motifs is 1. The molecule has 0 saturated heterocycles. The number of nitrogens with zero attached hydrogens (tertiary/aromatic N) is 1. The van der Waals surface area contributed by atoms with E-state index in [-0.39, 0.29) is 6.09 Å². The van der Waals surface area contributed by atoms with Crippen LogP contribution in [0.5, 0.6) is 0 Å². The van der Waals surface area contributed by atoms with Crippen molar-refractivity contribution >= 4 is 11.8 Å². The molecule has 0 fully saturated rings. The Balaban J connectivity index is 2.15. The van der Waals surface area contributed by atoms with Crippen LogP contribution >= 0.6 is 0 Å². The average Bonchev–Trinajstić information content (AvgIpc) is 2.42. The van der Waals surface area contributed by atoms with E-state index in [2.05, 4.69) is 17.3 Å². The van der Waals surface area contributed by atoms with Crippen LogP contribution < -0.4 is 5.32 Å². The predicted octanol–water partition coefficient (Wildman–Crippen LogP) is 3.02. The summed E-state index contributed by atoms with van der Waals surface area (Å²) in [5, 5.41) is 3.22. The summed E-state index contributed by atoms with van der Waals surface area (Å²) < 4.78 is 5.45. The average molecular weight is 286 g/mol. The Bertz CT molecular complexity index is 567. The lowest BCUT2D eigenvalue weighted by atomic mass is 9.98. The standard InChI is InChI=1S/C17H22N2O2/c1-5-10-18-15-8-6-7-13-9-11-19(12-14(13)15)16(20)21-17(2,3)4/h1,6-8,18H,9-12H2,2-4H3. The molecule has 112 valence electrons. The van der Waals surface area contributed by atoms with Crippen molar-refractivity contribution in [2.75, 3.05) is 18.4 Å². The number of ether oxygens (including phenoxy) is 1. The molecule has 1 aliphatic heterocycles. The topological polar surface area (TPSA) is 41.6 Å². The fourth-order valence-electron chi connectivity index (χ4n) is 2.38. The second-order valence-corrected chi connectivity index (χ2v) is 6.15. The van der Waals surface area contributed by atoms with E-state index < -0.39 is 5.60 Å². The van der Waals surface area contributed by atoms with Crippen molar-refractivity contribution < 1.29 is 9.53 Å². The summed E-state index contributed by atoms with van der Waals surface area (Å²) in [6.45, 7) is 7.34. The highest BCUT2D eigenvalue weighted by atomic mass is 16.6. The van der Waals surface area contributed by atoms with E-state index in [4.69, 9.17) is 11.2 Å². The van der Waals surface area contributed by atoms with Gasteiger partial charge in [0, 0.05) is 12.2 Å². The summed E-state index contributed by atoms with van der Waals surface area (Å²) in [6.07, 6.45) is 5.87. The lowest BCUT2D eigenvalue weighted by Crippen LogP contribution is -2.40. The van der Waals surface area contributed by atoms with Crippen LogP contribution in [0.25, 0.3) is 0 Å². The van der Waals surface area contributed by atoms with Crippen LogP contribution in [0.1, 0.15) is 31.9 Å². The smallest absolute Gasteiger partial charge is 0.410 e. The summed E-state index contributed by atoms with van der Waals surface area (Å²) >= 11 is 0. The Morgan fingerprint density at radius 1 is 1.48 bits per heavy atom. The first-order chi connectivity index (χ1) is 9.90. The Morgan fingerprint density at radius 2 is 2.24 bits per heavy atom. The lowest BCUT2D eigenvalue weighted by Gasteiger charge is -2.32. The molecule has 0 radical (unpaired) electrons. The van der Waals surface area contributed by atoms with E-state index in [0.29, 0.717) is 19.6 Å². The maximum atomic E-state index is 12.2. The van der Waals surface area contributed by atoms with Gasteiger partial charge >= 0.3 is 6.09 Å². The SMILES string of the molecule is C#CCNc1cccc2c1CN(C(=O)OC(C)(C)C)CC2. The van der Waals surface area contributed by atoms with Gasteiger partial charge in [-0.25, -0.2) is 4.79 Å². The molecule has 1 aromatic carbocycles. The highest BCUT2D eigenvalue weighted by molar-refractivity contribution is 5.70. The van der Waals surface area contributed by atoms with Gasteiger partial charge in [0.1, 0.15) is 5.60 Å². The molecule has 1 heterocycles. The summed E-state index contributed by atoms with van der Waals surface area (Å²) in [6, 6.07) is 6.11. The Kier molecular flexibility index (Phi) is 4.42. The monoisotopic (exact) mass is 286 g/mol. The van der Waals surface area contributed by atoms with Crippen LogP contribution in [0.15, 0.2) is 18.2 Å². The number of hydrogen-bond acceptors (Lipinski definition) is 3. The van der Waals surface area contributed by atoms with E-state index in [9.17, 15) is 4.79 Å². The number of terminal acetylenes is 1. The molecule has 0 saturated carbocycles. The summed E-state index contributed by atoms with van der Waals surface area (Å²) in [7, 11) is 0. The first-order valence-electron chi connectivity index (χ1n) is 7.17. The van der Waals surface area contributed by atoms with Gasteiger partial charge in [0.2, 0.25) is 0 Å². The summed E-state index contributed by atoms with van der Waals surface area (Å²) in [5.74, 6) is 2.57. The van der Waals surface area contributed by atoms with Gasteiger partial charge in [0.25, 0.3) is 0 Å². The molecule has 4 heteroatoms. The maximum absolute atomic E-state index is 12.2. The van der Waals surface area contributed by atoms with Gasteiger partial charge < -0.3 is 15.0 Å². The zero-order chi connectivity index (χ0) is 15.5. The zero-order valence-corrected chi connectivity index (χ0v) is 12.9. The zero-order valence-electron chi connectivity index (χ0n) is 12.9. The number of carbonyl (C=O) groups is 1. The van der Waals surface area contributed by atoms with Crippen molar-refractivity contribution in [2.45, 2.75) is 39.3 Å². The molecule has 21 heavy (non-hydrogen) atoms. The van der Waals surface area contributed by atoms with Crippen molar-refractivity contribution in [3.63, 3.8) is 0 Å². The molecule has 0 aliphatic carbocycles. The first kappa shape index (κ1) is 15.2. The minimum atomic E-state index is -0.474. The Labute approximate surface area is 126 Å². The molecule has 0 spiro atoms. The normalized spacial score (nSPS) is 14.1. The van der Waals surface area contributed by atoms with Crippen LogP contribution in [0.4, 0.5) is 10.5 Å². The summed E-state index contributed by atoms with van der Waals surface area (Å²) in [5.41, 5.74) is 2.92. The third-order valence-corrected chi connectivity index (χ3v) is 3.31. The molecule has 0 bridgehead atoms.